The van der Waals surface area contributed by atoms with E-state index in [9.17, 15) is 0 Å². The van der Waals surface area contributed by atoms with Gasteiger partial charge in [0.25, 0.3) is 0 Å². The number of rotatable bonds is 6. The maximum atomic E-state index is 2.38. The topological polar surface area (TPSA) is 0 Å². The van der Waals surface area contributed by atoms with Gasteiger partial charge in [0.2, 0.25) is 0 Å². The highest BCUT2D eigenvalue weighted by molar-refractivity contribution is 6.25. The standard InChI is InChI=1S/C54H36/c1-2-13-37(14-3-1)38-15-8-16-39(31-38)40-17-9-18-41(32-40)42-19-10-20-43(33-42)44-21-11-22-45(34-44)46-23-12-24-47(35-46)48-29-30-53-51-27-5-4-25-49(51)50-26-6-7-28-52(50)54(53)36-48/h1-36H. The van der Waals surface area contributed by atoms with Gasteiger partial charge >= 0.3 is 0 Å². The Hall–Kier alpha value is -7.02. The lowest BCUT2D eigenvalue weighted by Gasteiger charge is -2.13. The Bertz CT molecular complexity index is 2950. The van der Waals surface area contributed by atoms with Crippen LogP contribution in [0, 0.1) is 0 Å². The van der Waals surface area contributed by atoms with E-state index in [-0.39, 0.29) is 0 Å². The second-order valence-corrected chi connectivity index (χ2v) is 14.1. The minimum Gasteiger partial charge on any atom is -0.0622 e. The summed E-state index contributed by atoms with van der Waals surface area (Å²) in [7, 11) is 0. The lowest BCUT2D eigenvalue weighted by molar-refractivity contribution is 1.56. The van der Waals surface area contributed by atoms with Gasteiger partial charge in [0.05, 0.1) is 0 Å². The normalized spacial score (nSPS) is 11.3. The third-order valence-electron chi connectivity index (χ3n) is 10.8. The van der Waals surface area contributed by atoms with Crippen LogP contribution in [0.5, 0.6) is 0 Å². The fraction of sp³-hybridized carbons (Fsp3) is 0. The Balaban J connectivity index is 0.971. The van der Waals surface area contributed by atoms with Crippen LogP contribution in [0.3, 0.4) is 0 Å². The molecular weight excluding hydrogens is 649 g/mol. The van der Waals surface area contributed by atoms with Gasteiger partial charge in [-0.2, -0.15) is 0 Å². The highest BCUT2D eigenvalue weighted by atomic mass is 14.2. The first-order chi connectivity index (χ1) is 26.7. The summed E-state index contributed by atoms with van der Waals surface area (Å²) in [6.07, 6.45) is 0. The number of hydrogen-bond donors (Lipinski definition) is 0. The minimum absolute atomic E-state index is 1.20. The molecule has 0 radical (unpaired) electrons. The molecule has 0 aliphatic carbocycles. The molecule has 0 saturated carbocycles. The van der Waals surface area contributed by atoms with E-state index >= 15 is 0 Å². The SMILES string of the molecule is c1ccc(-c2cccc(-c3cccc(-c4cccc(-c5cccc(-c6cccc(-c7ccc8c9ccccc9c9ccccc9c8c7)c6)c5)c4)c3)c2)cc1. The molecule has 54 heavy (non-hydrogen) atoms. The first-order valence-corrected chi connectivity index (χ1v) is 18.7. The van der Waals surface area contributed by atoms with Gasteiger partial charge in [0, 0.05) is 0 Å². The van der Waals surface area contributed by atoms with Crippen molar-refractivity contribution in [2.45, 2.75) is 0 Å². The molecule has 0 spiro atoms. The predicted octanol–water partition coefficient (Wildman–Crippen LogP) is 15.1. The van der Waals surface area contributed by atoms with E-state index in [1.807, 2.05) is 0 Å². The Morgan fingerprint density at radius 1 is 0.130 bits per heavy atom. The number of hydrogen-bond acceptors (Lipinski definition) is 0. The van der Waals surface area contributed by atoms with Gasteiger partial charge in [-0.05, 0) is 135 Å². The van der Waals surface area contributed by atoms with Crippen LogP contribution in [0.2, 0.25) is 0 Å². The zero-order valence-electron chi connectivity index (χ0n) is 29.8. The first kappa shape index (κ1) is 31.7. The monoisotopic (exact) mass is 684 g/mol. The molecule has 10 aromatic rings. The van der Waals surface area contributed by atoms with Gasteiger partial charge in [-0.25, -0.2) is 0 Å². The molecule has 0 unspecified atom stereocenters. The van der Waals surface area contributed by atoms with Crippen molar-refractivity contribution in [2.75, 3.05) is 0 Å². The van der Waals surface area contributed by atoms with Crippen molar-refractivity contribution in [1.82, 2.24) is 0 Å². The highest BCUT2D eigenvalue weighted by Crippen LogP contribution is 2.38. The maximum absolute atomic E-state index is 2.38. The summed E-state index contributed by atoms with van der Waals surface area (Å²) in [6, 6.07) is 79.6. The molecule has 0 heteroatoms. The van der Waals surface area contributed by atoms with Crippen molar-refractivity contribution in [3.8, 4) is 66.8 Å². The Morgan fingerprint density at radius 3 is 0.722 bits per heavy atom. The summed E-state index contributed by atoms with van der Waals surface area (Å²) in [4.78, 5) is 0. The van der Waals surface area contributed by atoms with Gasteiger partial charge in [-0.1, -0.05) is 182 Å². The molecule has 10 aromatic carbocycles. The van der Waals surface area contributed by atoms with Gasteiger partial charge in [0.15, 0.2) is 0 Å². The molecule has 0 atom stereocenters. The van der Waals surface area contributed by atoms with Crippen molar-refractivity contribution in [1.29, 1.82) is 0 Å². The molecule has 0 saturated heterocycles. The molecule has 0 N–H and O–H groups in total. The molecule has 0 heterocycles. The van der Waals surface area contributed by atoms with E-state index in [2.05, 4.69) is 218 Å². The maximum Gasteiger partial charge on any atom is -0.00928 e. The largest absolute Gasteiger partial charge is 0.0622 e. The van der Waals surface area contributed by atoms with Gasteiger partial charge in [0.1, 0.15) is 0 Å². The van der Waals surface area contributed by atoms with Crippen LogP contribution in [-0.2, 0) is 0 Å². The van der Waals surface area contributed by atoms with Gasteiger partial charge < -0.3 is 0 Å². The van der Waals surface area contributed by atoms with Crippen molar-refractivity contribution in [3.63, 3.8) is 0 Å². The molecule has 0 aliphatic heterocycles. The third kappa shape index (κ3) is 5.85. The second kappa shape index (κ2) is 13.5. The summed E-state index contributed by atoms with van der Waals surface area (Å²) >= 11 is 0. The average molecular weight is 685 g/mol. The molecule has 0 fully saturated rings. The van der Waals surface area contributed by atoms with Crippen LogP contribution in [0.15, 0.2) is 218 Å². The van der Waals surface area contributed by atoms with Crippen molar-refractivity contribution in [3.05, 3.63) is 218 Å². The summed E-state index contributed by atoms with van der Waals surface area (Å²) in [5.74, 6) is 0. The van der Waals surface area contributed by atoms with Crippen LogP contribution >= 0.6 is 0 Å². The lowest BCUT2D eigenvalue weighted by atomic mass is 9.91. The van der Waals surface area contributed by atoms with Crippen LogP contribution in [-0.4, -0.2) is 0 Å². The Labute approximate surface area is 316 Å². The van der Waals surface area contributed by atoms with Crippen LogP contribution in [0.1, 0.15) is 0 Å². The number of fused-ring (bicyclic) bond motifs is 6. The van der Waals surface area contributed by atoms with E-state index in [0.717, 1.165) is 0 Å². The Morgan fingerprint density at radius 2 is 0.370 bits per heavy atom. The van der Waals surface area contributed by atoms with Crippen LogP contribution in [0.4, 0.5) is 0 Å². The molecule has 0 amide bonds. The van der Waals surface area contributed by atoms with Crippen molar-refractivity contribution in [2.24, 2.45) is 0 Å². The minimum atomic E-state index is 1.20. The zero-order chi connectivity index (χ0) is 35.8. The van der Waals surface area contributed by atoms with Crippen LogP contribution < -0.4 is 0 Å². The smallest absolute Gasteiger partial charge is 0.00928 e. The van der Waals surface area contributed by atoms with Crippen molar-refractivity contribution >= 4 is 32.3 Å². The fourth-order valence-electron chi connectivity index (χ4n) is 8.11. The summed E-state index contributed by atoms with van der Waals surface area (Å²) in [6.45, 7) is 0. The average Bonchev–Trinajstić information content (AvgIpc) is 3.27. The third-order valence-corrected chi connectivity index (χ3v) is 10.8. The zero-order valence-corrected chi connectivity index (χ0v) is 29.8. The Kier molecular flexibility index (Phi) is 7.93. The highest BCUT2D eigenvalue weighted by Gasteiger charge is 2.11. The summed E-state index contributed by atoms with van der Waals surface area (Å²) in [5.41, 5.74) is 14.6. The van der Waals surface area contributed by atoms with Crippen LogP contribution in [0.25, 0.3) is 99.1 Å². The van der Waals surface area contributed by atoms with Gasteiger partial charge in [-0.3, -0.25) is 0 Å². The van der Waals surface area contributed by atoms with E-state index in [1.54, 1.807) is 0 Å². The molecule has 0 bridgehead atoms. The van der Waals surface area contributed by atoms with E-state index < -0.39 is 0 Å². The molecular formula is C54H36. The summed E-state index contributed by atoms with van der Waals surface area (Å²) in [5, 5.41) is 7.79. The molecule has 252 valence electrons. The summed E-state index contributed by atoms with van der Waals surface area (Å²) < 4.78 is 0. The predicted molar refractivity (Wildman–Crippen MR) is 232 cm³/mol. The number of benzene rings is 10. The molecule has 10 rings (SSSR count). The van der Waals surface area contributed by atoms with Crippen molar-refractivity contribution < 1.29 is 0 Å². The van der Waals surface area contributed by atoms with Gasteiger partial charge in [-0.15, -0.1) is 0 Å². The van der Waals surface area contributed by atoms with E-state index in [0.29, 0.717) is 0 Å². The van der Waals surface area contributed by atoms with E-state index in [1.165, 1.54) is 99.1 Å². The molecule has 0 nitrogen and oxygen atoms in total. The quantitative estimate of drug-likeness (QED) is 0.153. The lowest BCUT2D eigenvalue weighted by Crippen LogP contribution is -1.86. The molecule has 0 aliphatic rings. The molecule has 0 aromatic heterocycles. The van der Waals surface area contributed by atoms with E-state index in [4.69, 9.17) is 0 Å². The first-order valence-electron chi connectivity index (χ1n) is 18.7. The second-order valence-electron chi connectivity index (χ2n) is 14.1. The fourth-order valence-corrected chi connectivity index (χ4v) is 8.11.